The summed E-state index contributed by atoms with van der Waals surface area (Å²) < 4.78 is 0. The molecule has 0 fully saturated rings. The van der Waals surface area contributed by atoms with Crippen LogP contribution in [-0.2, 0) is 4.79 Å². The van der Waals surface area contributed by atoms with E-state index in [9.17, 15) is 4.79 Å². The number of hydrogen-bond donors (Lipinski definition) is 1. The molecule has 0 unspecified atom stereocenters. The highest BCUT2D eigenvalue weighted by Crippen LogP contribution is 2.14. The summed E-state index contributed by atoms with van der Waals surface area (Å²) >= 11 is 0. The molecule has 0 rings (SSSR count). The lowest BCUT2D eigenvalue weighted by molar-refractivity contribution is -0.118. The summed E-state index contributed by atoms with van der Waals surface area (Å²) in [6.45, 7) is 2.28. The Morgan fingerprint density at radius 2 is 0.818 bits per heavy atom. The van der Waals surface area contributed by atoms with Crippen molar-refractivity contribution in [3.8, 4) is 0 Å². The van der Waals surface area contributed by atoms with Crippen molar-refractivity contribution in [2.45, 2.75) is 122 Å². The fourth-order valence-electron chi connectivity index (χ4n) is 3.02. The molecule has 0 aromatic heterocycles. The Morgan fingerprint density at radius 3 is 1.09 bits per heavy atom. The third kappa shape index (κ3) is 19.5. The van der Waals surface area contributed by atoms with Gasteiger partial charge in [0.25, 0.3) is 0 Å². The van der Waals surface area contributed by atoms with Crippen molar-refractivity contribution >= 4 is 5.91 Å². The minimum Gasteiger partial charge on any atom is -0.370 e. The van der Waals surface area contributed by atoms with Gasteiger partial charge in [0.15, 0.2) is 0 Å². The van der Waals surface area contributed by atoms with Crippen LogP contribution in [0.4, 0.5) is 0 Å². The summed E-state index contributed by atoms with van der Waals surface area (Å²) in [7, 11) is 0. The maximum absolute atomic E-state index is 10.6. The van der Waals surface area contributed by atoms with Crippen LogP contribution in [0.25, 0.3) is 0 Å². The summed E-state index contributed by atoms with van der Waals surface area (Å²) in [5.41, 5.74) is 5.12. The summed E-state index contributed by atoms with van der Waals surface area (Å²) in [4.78, 5) is 10.6. The number of unbranched alkanes of at least 4 members (excludes halogenated alkanes) is 16. The van der Waals surface area contributed by atoms with Gasteiger partial charge >= 0.3 is 0 Å². The van der Waals surface area contributed by atoms with E-state index >= 15 is 0 Å². The summed E-state index contributed by atoms with van der Waals surface area (Å²) in [6.07, 6.45) is 23.8. The summed E-state index contributed by atoms with van der Waals surface area (Å²) in [6, 6.07) is 0. The van der Waals surface area contributed by atoms with E-state index in [1.807, 2.05) is 0 Å². The van der Waals surface area contributed by atoms with Gasteiger partial charge in [-0.1, -0.05) is 110 Å². The molecule has 0 radical (unpaired) electrons. The SMILES string of the molecule is CCCCCCCCCCCCCCCCCCC[12C](N)=O. The predicted octanol–water partition coefficient (Wildman–Crippen LogP) is 6.51. The van der Waals surface area contributed by atoms with Gasteiger partial charge < -0.3 is 5.73 Å². The van der Waals surface area contributed by atoms with Crippen LogP contribution in [0.15, 0.2) is 0 Å². The molecule has 0 saturated heterocycles. The van der Waals surface area contributed by atoms with Crippen molar-refractivity contribution in [3.63, 3.8) is 0 Å². The van der Waals surface area contributed by atoms with Gasteiger partial charge in [0.1, 0.15) is 0 Å². The van der Waals surface area contributed by atoms with Crippen molar-refractivity contribution in [2.24, 2.45) is 5.73 Å². The average Bonchev–Trinajstić information content (AvgIpc) is 2.50. The number of nitrogens with two attached hydrogens (primary N) is 1. The third-order valence-corrected chi connectivity index (χ3v) is 4.53. The quantitative estimate of drug-likeness (QED) is 0.288. The summed E-state index contributed by atoms with van der Waals surface area (Å²) in [5, 5.41) is 0. The van der Waals surface area contributed by atoms with E-state index in [4.69, 9.17) is 5.73 Å². The number of carbonyl (C=O) groups is 1. The fraction of sp³-hybridized carbons (Fsp3) is 0.950. The molecule has 22 heavy (non-hydrogen) atoms. The molecule has 0 saturated carbocycles. The minimum absolute atomic E-state index is 0.152. The van der Waals surface area contributed by atoms with Crippen LogP contribution >= 0.6 is 0 Å². The van der Waals surface area contributed by atoms with Gasteiger partial charge in [0.2, 0.25) is 5.91 Å². The van der Waals surface area contributed by atoms with Crippen molar-refractivity contribution in [1.29, 1.82) is 0 Å². The topological polar surface area (TPSA) is 43.1 Å². The molecule has 132 valence electrons. The number of amides is 1. The van der Waals surface area contributed by atoms with E-state index in [2.05, 4.69) is 6.92 Å². The van der Waals surface area contributed by atoms with Crippen LogP contribution < -0.4 is 5.73 Å². The molecule has 0 atom stereocenters. The molecule has 0 bridgehead atoms. The van der Waals surface area contributed by atoms with Crippen molar-refractivity contribution in [3.05, 3.63) is 0 Å². The van der Waals surface area contributed by atoms with Crippen LogP contribution in [0, 0.1) is 0 Å². The highest BCUT2D eigenvalue weighted by Gasteiger charge is 1.96. The molecule has 0 aromatic carbocycles. The first-order valence-electron chi connectivity index (χ1n) is 10.1. The Kier molecular flexibility index (Phi) is 18.1. The lowest BCUT2D eigenvalue weighted by atomic mass is 10.0. The lowest BCUT2D eigenvalue weighted by Crippen LogP contribution is -2.09. The molecular weight excluding hydrogens is 270 g/mol. The zero-order valence-electron chi connectivity index (χ0n) is 15.2. The predicted molar refractivity (Wildman–Crippen MR) is 98.0 cm³/mol. The minimum atomic E-state index is -0.152. The van der Waals surface area contributed by atoms with E-state index in [1.165, 1.54) is 103 Å². The Labute approximate surface area is 139 Å². The van der Waals surface area contributed by atoms with Crippen LogP contribution in [0.3, 0.4) is 0 Å². The first-order chi connectivity index (χ1) is 10.8. The van der Waals surface area contributed by atoms with Crippen molar-refractivity contribution in [2.75, 3.05) is 0 Å². The van der Waals surface area contributed by atoms with Crippen LogP contribution in [-0.4, -0.2) is 5.91 Å². The Bertz CT molecular complexity index is 228. The van der Waals surface area contributed by atoms with Gasteiger partial charge in [-0.15, -0.1) is 0 Å². The number of rotatable bonds is 18. The molecule has 2 heteroatoms. The van der Waals surface area contributed by atoms with Crippen molar-refractivity contribution in [1.82, 2.24) is 0 Å². The number of primary amides is 1. The molecule has 0 aliphatic carbocycles. The van der Waals surface area contributed by atoms with Gasteiger partial charge in [-0.2, -0.15) is 0 Å². The maximum Gasteiger partial charge on any atom is 0.217 e. The molecule has 0 aromatic rings. The van der Waals surface area contributed by atoms with E-state index in [-0.39, 0.29) is 5.91 Å². The van der Waals surface area contributed by atoms with Crippen LogP contribution in [0.1, 0.15) is 122 Å². The fourth-order valence-corrected chi connectivity index (χ4v) is 3.02. The smallest absolute Gasteiger partial charge is 0.217 e. The Balaban J connectivity index is 2.95. The van der Waals surface area contributed by atoms with Crippen LogP contribution in [0.5, 0.6) is 0 Å². The van der Waals surface area contributed by atoms with E-state index < -0.39 is 0 Å². The zero-order chi connectivity index (χ0) is 16.3. The summed E-state index contributed by atoms with van der Waals surface area (Å²) in [5.74, 6) is -0.152. The highest BCUT2D eigenvalue weighted by molar-refractivity contribution is 5.73. The molecule has 1 amide bonds. The Hall–Kier alpha value is -0.530. The van der Waals surface area contributed by atoms with Crippen molar-refractivity contribution < 1.29 is 4.79 Å². The third-order valence-electron chi connectivity index (χ3n) is 4.53. The maximum atomic E-state index is 10.6. The van der Waals surface area contributed by atoms with E-state index in [0.29, 0.717) is 6.42 Å². The van der Waals surface area contributed by atoms with Gasteiger partial charge in [-0.05, 0) is 6.42 Å². The molecule has 0 heterocycles. The first-order valence-corrected chi connectivity index (χ1v) is 10.1. The van der Waals surface area contributed by atoms with Gasteiger partial charge in [-0.3, -0.25) is 4.79 Å². The second-order valence-corrected chi connectivity index (χ2v) is 6.87. The molecule has 0 aliphatic heterocycles. The molecule has 2 N–H and O–H groups in total. The monoisotopic (exact) mass is 311 g/mol. The van der Waals surface area contributed by atoms with Crippen LogP contribution in [0.2, 0.25) is 0 Å². The number of carbonyl (C=O) groups excluding carboxylic acids is 1. The second-order valence-electron chi connectivity index (χ2n) is 6.87. The molecule has 2 nitrogen and oxygen atoms in total. The average molecular weight is 312 g/mol. The molecule has 0 spiro atoms. The number of hydrogen-bond acceptors (Lipinski definition) is 1. The highest BCUT2D eigenvalue weighted by atomic mass is 16.1. The van der Waals surface area contributed by atoms with Gasteiger partial charge in [0.05, 0.1) is 0 Å². The standard InChI is InChI=1S/C20H41NO/c1-2-3-4-5-6-7-8-9-10-11-12-13-14-15-16-17-18-19-20(21)22/h2-19H2,1H3,(H2,21,22)/i20+0. The van der Waals surface area contributed by atoms with Gasteiger partial charge in [-0.25, -0.2) is 0 Å². The lowest BCUT2D eigenvalue weighted by Gasteiger charge is -2.03. The molecular formula is C20H41NO. The normalized spacial score (nSPS) is 11.0. The first kappa shape index (κ1) is 21.5. The Morgan fingerprint density at radius 1 is 0.545 bits per heavy atom. The second kappa shape index (κ2) is 18.5. The zero-order valence-corrected chi connectivity index (χ0v) is 15.2. The van der Waals surface area contributed by atoms with E-state index in [1.54, 1.807) is 0 Å². The largest absolute Gasteiger partial charge is 0.370 e. The molecule has 0 aliphatic rings. The van der Waals surface area contributed by atoms with Gasteiger partial charge in [0, 0.05) is 6.42 Å². The van der Waals surface area contributed by atoms with E-state index in [0.717, 1.165) is 6.42 Å².